The lowest BCUT2D eigenvalue weighted by atomic mass is 10.5. The molecule has 8 heavy (non-hydrogen) atoms. The van der Waals surface area contributed by atoms with E-state index in [9.17, 15) is 0 Å². The van der Waals surface area contributed by atoms with Gasteiger partial charge in [0.2, 0.25) is 0 Å². The average molecular weight is 123 g/mol. The molecule has 1 radical (unpaired) electrons. The highest BCUT2D eigenvalue weighted by Crippen LogP contribution is 2.19. The van der Waals surface area contributed by atoms with Crippen LogP contribution in [0.15, 0.2) is 22.1 Å². The fourth-order valence-electron chi connectivity index (χ4n) is 0.642. The third-order valence-corrected chi connectivity index (χ3v) is 1.83. The molecule has 2 heteroatoms. The number of hydrogen-bond donors (Lipinski definition) is 0. The van der Waals surface area contributed by atoms with Crippen LogP contribution < -0.4 is 0 Å². The van der Waals surface area contributed by atoms with Crippen molar-refractivity contribution in [2.45, 2.75) is 0 Å². The highest BCUT2D eigenvalue weighted by atomic mass is 32.1. The normalized spacial score (nSPS) is 10.5. The molecule has 0 fully saturated rings. The molecule has 0 unspecified atom stereocenters. The third-order valence-electron chi connectivity index (χ3n) is 1.01. The van der Waals surface area contributed by atoms with Gasteiger partial charge in [0.15, 0.2) is 0 Å². The molecule has 0 bridgehead atoms. The van der Waals surface area contributed by atoms with Gasteiger partial charge >= 0.3 is 0 Å². The minimum Gasteiger partial charge on any atom is -0.463 e. The van der Waals surface area contributed by atoms with Crippen molar-refractivity contribution in [3.8, 4) is 0 Å². The maximum atomic E-state index is 5.01. The molecule has 0 N–H and O–H groups in total. The molecule has 0 saturated heterocycles. The van der Waals surface area contributed by atoms with E-state index in [1.807, 2.05) is 11.4 Å². The molecule has 1 nitrogen and oxygen atoms in total. The van der Waals surface area contributed by atoms with Crippen LogP contribution in [0.2, 0.25) is 0 Å². The molecule has 0 aliphatic carbocycles. The van der Waals surface area contributed by atoms with E-state index in [2.05, 4.69) is 6.07 Å². The summed E-state index contributed by atoms with van der Waals surface area (Å²) in [6.07, 6.45) is 1.58. The Hall–Kier alpha value is -0.760. The predicted octanol–water partition coefficient (Wildman–Crippen LogP) is 2.29. The number of rotatable bonds is 0. The smallest absolute Gasteiger partial charge is 0.145 e. The summed E-state index contributed by atoms with van der Waals surface area (Å²) < 4.78 is 6.11. The van der Waals surface area contributed by atoms with Gasteiger partial charge in [-0.15, -0.1) is 11.3 Å². The Bertz CT molecular complexity index is 230. The Kier molecular flexibility index (Phi) is 0.704. The van der Waals surface area contributed by atoms with Crippen LogP contribution in [0.5, 0.6) is 0 Å². The summed E-state index contributed by atoms with van der Waals surface area (Å²) in [5.41, 5.74) is 0.940. The molecule has 2 heterocycles. The summed E-state index contributed by atoms with van der Waals surface area (Å²) in [5, 5.41) is 1.99. The molecule has 2 aromatic heterocycles. The standard InChI is InChI=1S/C6H3OS/c1-3-7-5-2-4-8-6(1)5/h2-4H. The van der Waals surface area contributed by atoms with Crippen LogP contribution in [0.25, 0.3) is 10.3 Å². The summed E-state index contributed by atoms with van der Waals surface area (Å²) >= 11 is 1.64. The monoisotopic (exact) mass is 123 g/mol. The Labute approximate surface area is 50.5 Å². The maximum absolute atomic E-state index is 5.01. The summed E-state index contributed by atoms with van der Waals surface area (Å²) in [4.78, 5) is 0. The van der Waals surface area contributed by atoms with Gasteiger partial charge in [0, 0.05) is 6.07 Å². The van der Waals surface area contributed by atoms with E-state index in [1.54, 1.807) is 17.6 Å². The largest absolute Gasteiger partial charge is 0.463 e. The quantitative estimate of drug-likeness (QED) is 0.523. The molecule has 2 aromatic rings. The Morgan fingerprint density at radius 1 is 1.62 bits per heavy atom. The summed E-state index contributed by atoms with van der Waals surface area (Å²) in [5.74, 6) is 0. The van der Waals surface area contributed by atoms with Gasteiger partial charge < -0.3 is 4.42 Å². The minimum atomic E-state index is 0.940. The van der Waals surface area contributed by atoms with Crippen molar-refractivity contribution >= 4 is 21.6 Å². The van der Waals surface area contributed by atoms with Gasteiger partial charge in [-0.3, -0.25) is 0 Å². The van der Waals surface area contributed by atoms with E-state index in [4.69, 9.17) is 4.42 Å². The van der Waals surface area contributed by atoms with Crippen molar-refractivity contribution in [2.75, 3.05) is 0 Å². The molecular weight excluding hydrogens is 120 g/mol. The first-order chi connectivity index (χ1) is 3.97. The highest BCUT2D eigenvalue weighted by molar-refractivity contribution is 7.17. The fraction of sp³-hybridized carbons (Fsp3) is 0. The van der Waals surface area contributed by atoms with Crippen LogP contribution in [0.3, 0.4) is 0 Å². The average Bonchev–Trinajstić information content (AvgIpc) is 2.15. The van der Waals surface area contributed by atoms with Gasteiger partial charge in [0.25, 0.3) is 0 Å². The minimum absolute atomic E-state index is 0.940. The summed E-state index contributed by atoms with van der Waals surface area (Å²) in [6.45, 7) is 0. The molecule has 39 valence electrons. The second-order valence-electron chi connectivity index (χ2n) is 1.49. The van der Waals surface area contributed by atoms with Crippen LogP contribution >= 0.6 is 11.3 Å². The second kappa shape index (κ2) is 1.36. The summed E-state index contributed by atoms with van der Waals surface area (Å²) in [6, 6.07) is 4.89. The van der Waals surface area contributed by atoms with E-state index in [0.29, 0.717) is 0 Å². The third kappa shape index (κ3) is 0.406. The first-order valence-corrected chi connectivity index (χ1v) is 3.17. The molecular formula is C6H3OS. The first kappa shape index (κ1) is 4.15. The van der Waals surface area contributed by atoms with Crippen molar-refractivity contribution < 1.29 is 4.42 Å². The van der Waals surface area contributed by atoms with Gasteiger partial charge in [0.05, 0.1) is 4.70 Å². The molecule has 0 aliphatic rings. The predicted molar refractivity (Wildman–Crippen MR) is 32.9 cm³/mol. The van der Waals surface area contributed by atoms with Crippen LogP contribution in [0.1, 0.15) is 0 Å². The molecule has 0 saturated carbocycles. The van der Waals surface area contributed by atoms with Crippen LogP contribution in [-0.2, 0) is 0 Å². The lowest BCUT2D eigenvalue weighted by Gasteiger charge is -1.65. The number of hydrogen-bond acceptors (Lipinski definition) is 2. The summed E-state index contributed by atoms with van der Waals surface area (Å²) in [7, 11) is 0. The SMILES string of the molecule is [c]1coc2ccsc12. The number of thiophene rings is 1. The zero-order valence-corrected chi connectivity index (χ0v) is 4.87. The van der Waals surface area contributed by atoms with Crippen molar-refractivity contribution in [3.63, 3.8) is 0 Å². The van der Waals surface area contributed by atoms with Gasteiger partial charge in [-0.25, -0.2) is 0 Å². The Morgan fingerprint density at radius 2 is 2.62 bits per heavy atom. The van der Waals surface area contributed by atoms with Crippen molar-refractivity contribution in [1.82, 2.24) is 0 Å². The van der Waals surface area contributed by atoms with Crippen molar-refractivity contribution in [2.24, 2.45) is 0 Å². The maximum Gasteiger partial charge on any atom is 0.145 e. The molecule has 0 aromatic carbocycles. The molecule has 2 rings (SSSR count). The molecule has 0 spiro atoms. The Morgan fingerprint density at radius 3 is 3.50 bits per heavy atom. The van der Waals surface area contributed by atoms with Gasteiger partial charge in [-0.05, 0) is 11.4 Å². The van der Waals surface area contributed by atoms with Gasteiger partial charge in [-0.2, -0.15) is 0 Å². The molecule has 0 atom stereocenters. The van der Waals surface area contributed by atoms with E-state index >= 15 is 0 Å². The number of furan rings is 1. The topological polar surface area (TPSA) is 13.1 Å². The van der Waals surface area contributed by atoms with E-state index in [0.717, 1.165) is 10.3 Å². The number of fused-ring (bicyclic) bond motifs is 1. The zero-order chi connectivity index (χ0) is 5.40. The Balaban J connectivity index is 3.06. The van der Waals surface area contributed by atoms with Crippen LogP contribution in [-0.4, -0.2) is 0 Å². The second-order valence-corrected chi connectivity index (χ2v) is 2.41. The highest BCUT2D eigenvalue weighted by Gasteiger charge is 1.93. The van der Waals surface area contributed by atoms with Gasteiger partial charge in [-0.1, -0.05) is 0 Å². The lowest BCUT2D eigenvalue weighted by Crippen LogP contribution is -1.37. The van der Waals surface area contributed by atoms with Gasteiger partial charge in [0.1, 0.15) is 11.8 Å². The van der Waals surface area contributed by atoms with E-state index in [-0.39, 0.29) is 0 Å². The van der Waals surface area contributed by atoms with Crippen molar-refractivity contribution in [3.05, 3.63) is 23.8 Å². The van der Waals surface area contributed by atoms with Crippen LogP contribution in [0.4, 0.5) is 0 Å². The first-order valence-electron chi connectivity index (χ1n) is 2.29. The van der Waals surface area contributed by atoms with E-state index in [1.165, 1.54) is 0 Å². The fourth-order valence-corrected chi connectivity index (χ4v) is 1.32. The zero-order valence-electron chi connectivity index (χ0n) is 4.05. The van der Waals surface area contributed by atoms with Crippen LogP contribution in [0, 0.1) is 6.07 Å². The molecule has 0 amide bonds. The van der Waals surface area contributed by atoms with Crippen molar-refractivity contribution in [1.29, 1.82) is 0 Å². The molecule has 0 aliphatic heterocycles. The lowest BCUT2D eigenvalue weighted by molar-refractivity contribution is 0.616. The van der Waals surface area contributed by atoms with E-state index < -0.39 is 0 Å².